The smallest absolute Gasteiger partial charge is 0.233 e. The normalized spacial score (nSPS) is 18.7. The lowest BCUT2D eigenvalue weighted by Crippen LogP contribution is -2.27. The summed E-state index contributed by atoms with van der Waals surface area (Å²) in [4.78, 5) is 15.0. The van der Waals surface area contributed by atoms with Gasteiger partial charge in [0.15, 0.2) is 15.0 Å². The second-order valence-electron chi connectivity index (χ2n) is 6.68. The van der Waals surface area contributed by atoms with E-state index in [9.17, 15) is 13.2 Å². The van der Waals surface area contributed by atoms with E-state index in [2.05, 4.69) is 10.2 Å². The molecular formula is C16H21ClN4O3S3. The average Bonchev–Trinajstić information content (AvgIpc) is 3.26. The minimum Gasteiger partial charge on any atom is -0.340 e. The molecule has 0 N–H and O–H groups in total. The van der Waals surface area contributed by atoms with Crippen LogP contribution in [0.4, 0.5) is 0 Å². The number of carbonyl (C=O) groups is 1. The molecule has 1 amide bonds. The Hall–Kier alpha value is -1.10. The summed E-state index contributed by atoms with van der Waals surface area (Å²) in [5.74, 6) is 1.59. The van der Waals surface area contributed by atoms with Crippen molar-refractivity contribution in [2.75, 3.05) is 24.3 Å². The molecule has 0 radical (unpaired) electrons. The highest BCUT2D eigenvalue weighted by atomic mass is 35.5. The van der Waals surface area contributed by atoms with E-state index in [1.54, 1.807) is 11.9 Å². The van der Waals surface area contributed by atoms with Crippen molar-refractivity contribution in [3.05, 3.63) is 27.2 Å². The predicted molar refractivity (Wildman–Crippen MR) is 108 cm³/mol. The third-order valence-electron chi connectivity index (χ3n) is 4.50. The van der Waals surface area contributed by atoms with Gasteiger partial charge in [-0.1, -0.05) is 23.4 Å². The molecule has 11 heteroatoms. The molecule has 0 saturated carbocycles. The summed E-state index contributed by atoms with van der Waals surface area (Å²) in [7, 11) is 0.716. The number of amides is 1. The molecule has 148 valence electrons. The topological polar surface area (TPSA) is 85.2 Å². The van der Waals surface area contributed by atoms with Crippen molar-refractivity contribution in [2.24, 2.45) is 13.0 Å². The fraction of sp³-hybridized carbons (Fsp3) is 0.562. The van der Waals surface area contributed by atoms with Gasteiger partial charge in [0.05, 0.1) is 28.1 Å². The van der Waals surface area contributed by atoms with Crippen LogP contribution in [-0.2, 0) is 34.6 Å². The molecule has 0 aromatic carbocycles. The summed E-state index contributed by atoms with van der Waals surface area (Å²) in [6.45, 7) is 0.525. The Morgan fingerprint density at radius 2 is 2.22 bits per heavy atom. The molecule has 1 fully saturated rings. The zero-order valence-electron chi connectivity index (χ0n) is 15.1. The molecule has 1 saturated heterocycles. The molecule has 1 aliphatic rings. The SMILES string of the molecule is CN(Cc1ccc(Cl)s1)C(=O)CSc1nnc(C[C@H]2CCS(=O)(=O)C2)n1C. The lowest BCUT2D eigenvalue weighted by atomic mass is 10.1. The highest BCUT2D eigenvalue weighted by molar-refractivity contribution is 7.99. The standard InChI is InChI=1S/C16H21ClN4O3S3/c1-20(8-12-3-4-13(17)26-12)15(22)9-25-16-19-18-14(21(16)2)7-11-5-6-27(23,24)10-11/h3-4,11H,5-10H2,1-2H3/t11-/m1/s1. The molecule has 7 nitrogen and oxygen atoms in total. The van der Waals surface area contributed by atoms with E-state index in [-0.39, 0.29) is 29.1 Å². The second kappa shape index (κ2) is 8.50. The molecule has 2 aromatic rings. The van der Waals surface area contributed by atoms with Gasteiger partial charge in [-0.2, -0.15) is 0 Å². The summed E-state index contributed by atoms with van der Waals surface area (Å²) >= 11 is 8.72. The van der Waals surface area contributed by atoms with Crippen molar-refractivity contribution < 1.29 is 13.2 Å². The van der Waals surface area contributed by atoms with Crippen LogP contribution >= 0.6 is 34.7 Å². The number of rotatable bonds is 7. The van der Waals surface area contributed by atoms with Crippen molar-refractivity contribution in [2.45, 2.75) is 24.5 Å². The third-order valence-corrected chi connectivity index (χ3v) is 8.55. The van der Waals surface area contributed by atoms with E-state index >= 15 is 0 Å². The zero-order chi connectivity index (χ0) is 19.6. The molecule has 0 spiro atoms. The maximum Gasteiger partial charge on any atom is 0.233 e. The number of thioether (sulfide) groups is 1. The first-order valence-electron chi connectivity index (χ1n) is 8.43. The molecule has 1 atom stereocenters. The maximum atomic E-state index is 12.3. The van der Waals surface area contributed by atoms with Gasteiger partial charge in [-0.3, -0.25) is 4.79 Å². The van der Waals surface area contributed by atoms with Gasteiger partial charge >= 0.3 is 0 Å². The molecule has 3 heterocycles. The molecule has 0 bridgehead atoms. The number of sulfone groups is 1. The van der Waals surface area contributed by atoms with Gasteiger partial charge in [-0.25, -0.2) is 8.42 Å². The number of halogens is 1. The average molecular weight is 449 g/mol. The molecule has 0 unspecified atom stereocenters. The van der Waals surface area contributed by atoms with Gasteiger partial charge in [0.2, 0.25) is 5.91 Å². The first-order chi connectivity index (χ1) is 12.7. The summed E-state index contributed by atoms with van der Waals surface area (Å²) in [6.07, 6.45) is 1.27. The van der Waals surface area contributed by atoms with Crippen LogP contribution in [0.1, 0.15) is 17.1 Å². The largest absolute Gasteiger partial charge is 0.340 e. The quantitative estimate of drug-likeness (QED) is 0.604. The Labute approximate surface area is 172 Å². The molecule has 0 aliphatic carbocycles. The zero-order valence-corrected chi connectivity index (χ0v) is 18.3. The van der Waals surface area contributed by atoms with Crippen LogP contribution in [0.2, 0.25) is 4.34 Å². The number of aromatic nitrogens is 3. The van der Waals surface area contributed by atoms with Gasteiger partial charge in [-0.15, -0.1) is 21.5 Å². The van der Waals surface area contributed by atoms with Crippen LogP contribution in [0, 0.1) is 5.92 Å². The van der Waals surface area contributed by atoms with Crippen LogP contribution < -0.4 is 0 Å². The Kier molecular flexibility index (Phi) is 6.50. The fourth-order valence-corrected chi connectivity index (χ4v) is 6.81. The van der Waals surface area contributed by atoms with Gasteiger partial charge < -0.3 is 9.47 Å². The lowest BCUT2D eigenvalue weighted by Gasteiger charge is -2.15. The fourth-order valence-electron chi connectivity index (χ4n) is 2.93. The summed E-state index contributed by atoms with van der Waals surface area (Å²) in [5, 5.41) is 8.99. The number of hydrogen-bond acceptors (Lipinski definition) is 7. The van der Waals surface area contributed by atoms with Crippen LogP contribution in [0.25, 0.3) is 0 Å². The van der Waals surface area contributed by atoms with Gasteiger partial charge in [-0.05, 0) is 24.5 Å². The Balaban J connectivity index is 1.52. The maximum absolute atomic E-state index is 12.3. The van der Waals surface area contributed by atoms with E-state index in [1.807, 2.05) is 23.7 Å². The first kappa shape index (κ1) is 20.6. The van der Waals surface area contributed by atoms with E-state index in [0.29, 0.717) is 28.9 Å². The van der Waals surface area contributed by atoms with Crippen molar-refractivity contribution >= 4 is 50.4 Å². The van der Waals surface area contributed by atoms with Crippen molar-refractivity contribution in [3.63, 3.8) is 0 Å². The van der Waals surface area contributed by atoms with Crippen LogP contribution in [0.15, 0.2) is 17.3 Å². The Morgan fingerprint density at radius 3 is 2.85 bits per heavy atom. The summed E-state index contributed by atoms with van der Waals surface area (Å²) in [6, 6.07) is 3.74. The molecule has 3 rings (SSSR count). The lowest BCUT2D eigenvalue weighted by molar-refractivity contribution is -0.127. The summed E-state index contributed by atoms with van der Waals surface area (Å²) < 4.78 is 25.8. The first-order valence-corrected chi connectivity index (χ1v) is 12.4. The minimum atomic E-state index is -2.90. The van der Waals surface area contributed by atoms with Crippen LogP contribution in [-0.4, -0.2) is 58.3 Å². The van der Waals surface area contributed by atoms with Gasteiger partial charge in [0.1, 0.15) is 5.82 Å². The monoisotopic (exact) mass is 448 g/mol. The van der Waals surface area contributed by atoms with Crippen molar-refractivity contribution in [1.82, 2.24) is 19.7 Å². The van der Waals surface area contributed by atoms with Crippen LogP contribution in [0.3, 0.4) is 0 Å². The van der Waals surface area contributed by atoms with Crippen molar-refractivity contribution in [1.29, 1.82) is 0 Å². The molecule has 2 aromatic heterocycles. The second-order valence-corrected chi connectivity index (χ2v) is 11.6. The van der Waals surface area contributed by atoms with E-state index in [4.69, 9.17) is 11.6 Å². The van der Waals surface area contributed by atoms with Crippen molar-refractivity contribution in [3.8, 4) is 0 Å². The Morgan fingerprint density at radius 1 is 1.44 bits per heavy atom. The highest BCUT2D eigenvalue weighted by Crippen LogP contribution is 2.25. The number of nitrogens with zero attached hydrogens (tertiary/aromatic N) is 4. The van der Waals surface area contributed by atoms with Crippen LogP contribution in [0.5, 0.6) is 0 Å². The van der Waals surface area contributed by atoms with E-state index in [1.165, 1.54) is 23.1 Å². The summed E-state index contributed by atoms with van der Waals surface area (Å²) in [5.41, 5.74) is 0. The predicted octanol–water partition coefficient (Wildman–Crippen LogP) is 2.26. The molecule has 27 heavy (non-hydrogen) atoms. The van der Waals surface area contributed by atoms with E-state index in [0.717, 1.165) is 10.7 Å². The molecular weight excluding hydrogens is 428 g/mol. The Bertz CT molecular complexity index is 925. The van der Waals surface area contributed by atoms with Gasteiger partial charge in [0, 0.05) is 25.4 Å². The highest BCUT2D eigenvalue weighted by Gasteiger charge is 2.29. The third kappa shape index (κ3) is 5.46. The molecule has 1 aliphatic heterocycles. The minimum absolute atomic E-state index is 0.00374. The number of thiophene rings is 1. The number of hydrogen-bond donors (Lipinski definition) is 0. The van der Waals surface area contributed by atoms with Gasteiger partial charge in [0.25, 0.3) is 0 Å². The number of carbonyl (C=O) groups excluding carboxylic acids is 1. The van der Waals surface area contributed by atoms with E-state index < -0.39 is 9.84 Å².